The monoisotopic (exact) mass is 1020 g/mol. The summed E-state index contributed by atoms with van der Waals surface area (Å²) >= 11 is 0. The van der Waals surface area contributed by atoms with Crippen LogP contribution in [0.4, 0.5) is 0 Å². The first-order chi connectivity index (χ1) is 32.9. The van der Waals surface area contributed by atoms with Crippen LogP contribution in [0.3, 0.4) is 0 Å². The number of aliphatic carboxylic acids is 2. The van der Waals surface area contributed by atoms with E-state index in [4.69, 9.17) is 11.5 Å². The van der Waals surface area contributed by atoms with Crippen molar-refractivity contribution in [3.8, 4) is 0 Å². The minimum absolute atomic E-state index is 0.00265. The normalized spacial score (nSPS) is 18.5. The lowest BCUT2D eigenvalue weighted by atomic mass is 9.96. The molecular weight excluding hydrogens is 943 g/mol. The number of rotatable bonds is 29. The molecule has 71 heavy (non-hydrogen) atoms. The number of hydrogen-bond donors (Lipinski definition) is 15. The fourth-order valence-electron chi connectivity index (χ4n) is 7.12. The van der Waals surface area contributed by atoms with Gasteiger partial charge < -0.3 is 84.4 Å². The number of amides is 10. The minimum atomic E-state index is -1.79. The van der Waals surface area contributed by atoms with Crippen LogP contribution in [0.1, 0.15) is 94.4 Å². The van der Waals surface area contributed by atoms with Crippen molar-refractivity contribution >= 4 is 71.0 Å². The maximum atomic E-state index is 13.6. The van der Waals surface area contributed by atoms with Crippen molar-refractivity contribution in [2.24, 2.45) is 29.2 Å². The third kappa shape index (κ3) is 19.3. The Morgan fingerprint density at radius 2 is 0.986 bits per heavy atom. The molecular formula is C43H73N11O17. The van der Waals surface area contributed by atoms with Gasteiger partial charge in [0.1, 0.15) is 54.4 Å². The number of aliphatic hydroxyl groups is 3. The number of aliphatic hydroxyl groups excluding tert-OH is 3. The molecule has 0 aromatic rings. The van der Waals surface area contributed by atoms with E-state index in [1.165, 1.54) is 34.6 Å². The van der Waals surface area contributed by atoms with Gasteiger partial charge in [-0.1, -0.05) is 48.0 Å². The number of nitrogens with one attached hydrogen (secondary N) is 8. The van der Waals surface area contributed by atoms with Gasteiger partial charge in [0, 0.05) is 6.54 Å². The van der Waals surface area contributed by atoms with Crippen LogP contribution in [0.5, 0.6) is 0 Å². The van der Waals surface area contributed by atoms with Crippen LogP contribution in [0.15, 0.2) is 0 Å². The zero-order chi connectivity index (χ0) is 54.8. The zero-order valence-electron chi connectivity index (χ0n) is 41.3. The van der Waals surface area contributed by atoms with Gasteiger partial charge in [-0.2, -0.15) is 0 Å². The van der Waals surface area contributed by atoms with Gasteiger partial charge in [0.05, 0.1) is 37.7 Å². The summed E-state index contributed by atoms with van der Waals surface area (Å²) < 4.78 is 0. The number of hydrogen-bond acceptors (Lipinski definition) is 16. The van der Waals surface area contributed by atoms with E-state index in [-0.39, 0.29) is 13.0 Å². The molecule has 1 heterocycles. The van der Waals surface area contributed by atoms with Crippen LogP contribution in [0.25, 0.3) is 0 Å². The van der Waals surface area contributed by atoms with Crippen LogP contribution in [0, 0.1) is 17.8 Å². The molecule has 0 aromatic carbocycles. The standard InChI is InChI=1S/C43H73N11O17/c1-10-19(6)31(51-35(62)23(44)14-27(45)58)39(66)53-33(22(9)57)41(68)50-30(18(4)5)38(65)52-32(21(8)56)40(67)46-20(7)34(61)48-25(16-55)36(63)49-29(17(2)3)37(64)47-24(15-28(59)60)42(69)54-13-11-12-26(54)43(70)71/h17-26,29-33,55-57H,10-16,44H2,1-9H3,(H2,45,58)(H,46,67)(H,47,64)(H,48,61)(H,49,63)(H,50,68)(H,51,62)(H,52,65)(H,53,66)(H,59,60)(H,70,71)/t19-,20-,21+,22+,23-,24-,25-,26-,29-,30-,31-,32-,33-/m0/s1. The van der Waals surface area contributed by atoms with Crippen molar-refractivity contribution in [3.63, 3.8) is 0 Å². The Labute approximate surface area is 410 Å². The lowest BCUT2D eigenvalue weighted by molar-refractivity contribution is -0.150. The Kier molecular flexibility index (Phi) is 25.5. The van der Waals surface area contributed by atoms with E-state index in [2.05, 4.69) is 42.5 Å². The largest absolute Gasteiger partial charge is 0.481 e. The highest BCUT2D eigenvalue weighted by Crippen LogP contribution is 2.20. The van der Waals surface area contributed by atoms with Crippen molar-refractivity contribution in [2.45, 2.75) is 167 Å². The van der Waals surface area contributed by atoms with Gasteiger partial charge in [-0.05, 0) is 51.4 Å². The van der Waals surface area contributed by atoms with Gasteiger partial charge in [0.15, 0.2) is 0 Å². The molecule has 28 heteroatoms. The molecule has 0 unspecified atom stereocenters. The molecule has 0 aromatic heterocycles. The summed E-state index contributed by atoms with van der Waals surface area (Å²) in [5.41, 5.74) is 10.8. The van der Waals surface area contributed by atoms with Crippen LogP contribution >= 0.6 is 0 Å². The third-order valence-corrected chi connectivity index (χ3v) is 11.6. The van der Waals surface area contributed by atoms with Gasteiger partial charge in [-0.3, -0.25) is 52.7 Å². The molecule has 1 rings (SSSR count). The first kappa shape index (κ1) is 62.5. The van der Waals surface area contributed by atoms with Crippen molar-refractivity contribution in [1.29, 1.82) is 0 Å². The number of carboxylic acid groups (broad SMARTS) is 2. The lowest BCUT2D eigenvalue weighted by Gasteiger charge is -2.31. The van der Waals surface area contributed by atoms with Gasteiger partial charge in [0.2, 0.25) is 59.1 Å². The number of nitrogens with zero attached hydrogens (tertiary/aromatic N) is 1. The molecule has 13 atom stereocenters. The van der Waals surface area contributed by atoms with E-state index in [0.717, 1.165) is 18.7 Å². The molecule has 10 amide bonds. The van der Waals surface area contributed by atoms with Crippen LogP contribution in [0.2, 0.25) is 0 Å². The van der Waals surface area contributed by atoms with Gasteiger partial charge >= 0.3 is 11.9 Å². The number of primary amides is 1. The highest BCUT2D eigenvalue weighted by atomic mass is 16.4. The van der Waals surface area contributed by atoms with E-state index in [1.807, 2.05) is 0 Å². The predicted molar refractivity (Wildman–Crippen MR) is 247 cm³/mol. The highest BCUT2D eigenvalue weighted by Gasteiger charge is 2.41. The summed E-state index contributed by atoms with van der Waals surface area (Å²) in [6.45, 7) is 11.7. The maximum absolute atomic E-state index is 13.6. The van der Waals surface area contributed by atoms with E-state index >= 15 is 0 Å². The average Bonchev–Trinajstić information content (AvgIpc) is 3.77. The summed E-state index contributed by atoms with van der Waals surface area (Å²) in [4.78, 5) is 156. The Morgan fingerprint density at radius 1 is 0.563 bits per heavy atom. The molecule has 0 bridgehead atoms. The smallest absolute Gasteiger partial charge is 0.326 e. The molecule has 28 nitrogen and oxygen atoms in total. The van der Waals surface area contributed by atoms with Gasteiger partial charge in [-0.25, -0.2) is 4.79 Å². The first-order valence-electron chi connectivity index (χ1n) is 23.1. The second kappa shape index (κ2) is 29.0. The number of carbonyl (C=O) groups is 12. The summed E-state index contributed by atoms with van der Waals surface area (Å²) in [7, 11) is 0. The summed E-state index contributed by atoms with van der Waals surface area (Å²) in [5.74, 6) is -15.0. The number of carboxylic acids is 2. The maximum Gasteiger partial charge on any atom is 0.326 e. The highest BCUT2D eigenvalue weighted by molar-refractivity contribution is 5.99. The molecule has 0 radical (unpaired) electrons. The Balaban J connectivity index is 3.13. The minimum Gasteiger partial charge on any atom is -0.481 e. The second-order valence-electron chi connectivity index (χ2n) is 18.2. The van der Waals surface area contributed by atoms with E-state index < -0.39 is 181 Å². The second-order valence-corrected chi connectivity index (χ2v) is 18.2. The average molecular weight is 1020 g/mol. The molecule has 1 saturated heterocycles. The summed E-state index contributed by atoms with van der Waals surface area (Å²) in [6.07, 6.45) is -3.88. The van der Waals surface area contributed by atoms with Gasteiger partial charge in [0.25, 0.3) is 0 Å². The predicted octanol–water partition coefficient (Wildman–Crippen LogP) is -6.25. The zero-order valence-corrected chi connectivity index (χ0v) is 41.3. The van der Waals surface area contributed by atoms with E-state index in [0.29, 0.717) is 12.8 Å². The van der Waals surface area contributed by atoms with Crippen molar-refractivity contribution in [1.82, 2.24) is 47.4 Å². The molecule has 0 aliphatic carbocycles. The number of likely N-dealkylation sites (tertiary alicyclic amines) is 1. The fourth-order valence-corrected chi connectivity index (χ4v) is 7.12. The Bertz CT molecular complexity index is 1950. The molecule has 1 aliphatic heterocycles. The Morgan fingerprint density at radius 3 is 1.42 bits per heavy atom. The van der Waals surface area contributed by atoms with Gasteiger partial charge in [-0.15, -0.1) is 0 Å². The molecule has 1 fully saturated rings. The molecule has 1 aliphatic rings. The molecule has 0 spiro atoms. The summed E-state index contributed by atoms with van der Waals surface area (Å²) in [6, 6.07) is -15.4. The van der Waals surface area contributed by atoms with Crippen LogP contribution < -0.4 is 54.0 Å². The first-order valence-corrected chi connectivity index (χ1v) is 23.1. The summed E-state index contributed by atoms with van der Waals surface area (Å²) in [5, 5.41) is 68.6. The van der Waals surface area contributed by atoms with Crippen molar-refractivity contribution in [3.05, 3.63) is 0 Å². The lowest BCUT2D eigenvalue weighted by Crippen LogP contribution is -2.64. The molecule has 0 saturated carbocycles. The number of nitrogens with two attached hydrogens (primary N) is 2. The van der Waals surface area contributed by atoms with E-state index in [9.17, 15) is 83.1 Å². The SMILES string of the molecule is CC[C@H](C)[C@H](NC(=O)[C@@H](N)CC(N)=O)C(=O)N[C@H](C(=O)N[C@H](C(=O)N[C@H](C(=O)N[C@@H](C)C(=O)N[C@@H](CO)C(=O)N[C@H](C(=O)N[C@@H](CC(=O)O)C(=O)N1CCC[C@H]1C(=O)O)C(C)C)[C@@H](C)O)C(C)C)[C@@H](C)O. The Hall–Kier alpha value is -6.52. The third-order valence-electron chi connectivity index (χ3n) is 11.6. The number of carbonyl (C=O) groups excluding carboxylic acids is 10. The molecule has 17 N–H and O–H groups in total. The topological polar surface area (TPSA) is 458 Å². The van der Waals surface area contributed by atoms with E-state index in [1.54, 1.807) is 13.8 Å². The van der Waals surface area contributed by atoms with Crippen LogP contribution in [-0.2, 0) is 57.5 Å². The van der Waals surface area contributed by atoms with Crippen LogP contribution in [-0.4, -0.2) is 187 Å². The molecule has 402 valence electrons. The van der Waals surface area contributed by atoms with Crippen molar-refractivity contribution < 1.29 is 83.1 Å². The quantitative estimate of drug-likeness (QED) is 0.0331. The van der Waals surface area contributed by atoms with Crippen molar-refractivity contribution in [2.75, 3.05) is 13.2 Å². The fraction of sp³-hybridized carbons (Fsp3) is 0.721.